The second-order valence-electron chi connectivity index (χ2n) is 4.63. The van der Waals surface area contributed by atoms with Crippen molar-refractivity contribution >= 4 is 33.6 Å². The Morgan fingerprint density at radius 2 is 2.26 bits per heavy atom. The molecule has 1 saturated carbocycles. The van der Waals surface area contributed by atoms with Crippen LogP contribution < -0.4 is 10.1 Å². The van der Waals surface area contributed by atoms with Gasteiger partial charge >= 0.3 is 0 Å². The van der Waals surface area contributed by atoms with Crippen molar-refractivity contribution in [3.63, 3.8) is 0 Å². The molecule has 2 unspecified atom stereocenters. The molecule has 1 aliphatic rings. The summed E-state index contributed by atoms with van der Waals surface area (Å²) in [6.07, 6.45) is 5.54. The third kappa shape index (κ3) is 3.45. The van der Waals surface area contributed by atoms with E-state index in [0.29, 0.717) is 16.6 Å². The Labute approximate surface area is 126 Å². The summed E-state index contributed by atoms with van der Waals surface area (Å²) in [6, 6.07) is 5.74. The van der Waals surface area contributed by atoms with E-state index in [2.05, 4.69) is 27.5 Å². The fourth-order valence-electron chi connectivity index (χ4n) is 2.47. The van der Waals surface area contributed by atoms with Crippen LogP contribution in [0.3, 0.4) is 0 Å². The van der Waals surface area contributed by atoms with Crippen LogP contribution in [0.15, 0.2) is 22.7 Å². The number of ether oxygens (including phenoxy) is 1. The fourth-order valence-corrected chi connectivity index (χ4v) is 3.75. The number of benzene rings is 1. The monoisotopic (exact) mass is 343 g/mol. The number of carbonyl (C=O) groups excluding carboxylic acids is 1. The van der Waals surface area contributed by atoms with Crippen LogP contribution in [0.4, 0.5) is 0 Å². The minimum Gasteiger partial charge on any atom is -0.496 e. The molecule has 3 nitrogen and oxygen atoms in total. The van der Waals surface area contributed by atoms with Crippen LogP contribution in [0.2, 0.25) is 0 Å². The molecule has 0 heterocycles. The first kappa shape index (κ1) is 14.7. The van der Waals surface area contributed by atoms with E-state index in [4.69, 9.17) is 4.74 Å². The number of halogens is 1. The highest BCUT2D eigenvalue weighted by molar-refractivity contribution is 9.10. The quantitative estimate of drug-likeness (QED) is 0.909. The molecule has 0 aliphatic heterocycles. The number of thioether (sulfide) groups is 1. The highest BCUT2D eigenvalue weighted by Crippen LogP contribution is 2.29. The van der Waals surface area contributed by atoms with Crippen molar-refractivity contribution in [1.82, 2.24) is 5.32 Å². The Bertz CT molecular complexity index is 467. The maximum atomic E-state index is 12.3. The third-order valence-corrected chi connectivity index (χ3v) is 5.14. The van der Waals surface area contributed by atoms with Crippen LogP contribution >= 0.6 is 27.7 Å². The Kier molecular flexibility index (Phi) is 5.16. The SMILES string of the molecule is COc1cc(Br)ccc1C(=O)NC1CCCC1SC. The molecule has 1 amide bonds. The molecule has 104 valence electrons. The Morgan fingerprint density at radius 3 is 2.95 bits per heavy atom. The predicted molar refractivity (Wildman–Crippen MR) is 83.1 cm³/mol. The molecule has 1 aromatic carbocycles. The Morgan fingerprint density at radius 1 is 1.47 bits per heavy atom. The van der Waals surface area contributed by atoms with Gasteiger partial charge in [0.15, 0.2) is 0 Å². The summed E-state index contributed by atoms with van der Waals surface area (Å²) >= 11 is 5.22. The lowest BCUT2D eigenvalue weighted by Gasteiger charge is -2.20. The first-order valence-corrected chi connectivity index (χ1v) is 8.41. The molecule has 0 bridgehead atoms. The lowest BCUT2D eigenvalue weighted by Crippen LogP contribution is -2.38. The summed E-state index contributed by atoms with van der Waals surface area (Å²) in [6.45, 7) is 0. The summed E-state index contributed by atoms with van der Waals surface area (Å²) in [4.78, 5) is 12.3. The second kappa shape index (κ2) is 6.66. The zero-order chi connectivity index (χ0) is 13.8. The van der Waals surface area contributed by atoms with Crippen molar-refractivity contribution in [1.29, 1.82) is 0 Å². The molecule has 1 fully saturated rings. The fraction of sp³-hybridized carbons (Fsp3) is 0.500. The Balaban J connectivity index is 2.11. The molecule has 2 rings (SSSR count). The van der Waals surface area contributed by atoms with Gasteiger partial charge in [0, 0.05) is 15.8 Å². The van der Waals surface area contributed by atoms with Gasteiger partial charge in [-0.2, -0.15) is 11.8 Å². The second-order valence-corrected chi connectivity index (χ2v) is 6.62. The van der Waals surface area contributed by atoms with Crippen molar-refractivity contribution in [2.75, 3.05) is 13.4 Å². The highest BCUT2D eigenvalue weighted by atomic mass is 79.9. The molecule has 1 aliphatic carbocycles. The largest absolute Gasteiger partial charge is 0.496 e. The molecular weight excluding hydrogens is 326 g/mol. The average molecular weight is 344 g/mol. The van der Waals surface area contributed by atoms with E-state index in [9.17, 15) is 4.79 Å². The maximum Gasteiger partial charge on any atom is 0.255 e. The topological polar surface area (TPSA) is 38.3 Å². The molecule has 1 aromatic rings. The first-order valence-electron chi connectivity index (χ1n) is 6.33. The van der Waals surface area contributed by atoms with Gasteiger partial charge in [-0.1, -0.05) is 22.4 Å². The van der Waals surface area contributed by atoms with Gasteiger partial charge in [-0.3, -0.25) is 4.79 Å². The molecule has 5 heteroatoms. The number of carbonyl (C=O) groups is 1. The van der Waals surface area contributed by atoms with Gasteiger partial charge in [0.2, 0.25) is 0 Å². The van der Waals surface area contributed by atoms with E-state index in [1.807, 2.05) is 23.9 Å². The van der Waals surface area contributed by atoms with Gasteiger partial charge in [-0.15, -0.1) is 0 Å². The Hall–Kier alpha value is -0.680. The third-order valence-electron chi connectivity index (χ3n) is 3.48. The molecular formula is C14H18BrNO2S. The maximum absolute atomic E-state index is 12.3. The lowest BCUT2D eigenvalue weighted by molar-refractivity contribution is 0.0935. The van der Waals surface area contributed by atoms with Crippen LogP contribution in [0.1, 0.15) is 29.6 Å². The van der Waals surface area contributed by atoms with Crippen LogP contribution in [0.25, 0.3) is 0 Å². The standard InChI is InChI=1S/C14H18BrNO2S/c1-18-12-8-9(15)6-7-10(12)14(17)16-11-4-3-5-13(11)19-2/h6-8,11,13H,3-5H2,1-2H3,(H,16,17). The molecule has 0 saturated heterocycles. The molecule has 0 radical (unpaired) electrons. The van der Waals surface area contributed by atoms with Crippen LogP contribution in [0.5, 0.6) is 5.75 Å². The zero-order valence-corrected chi connectivity index (χ0v) is 13.5. The molecule has 2 atom stereocenters. The van der Waals surface area contributed by atoms with Crippen molar-refractivity contribution in [2.24, 2.45) is 0 Å². The van der Waals surface area contributed by atoms with E-state index in [1.165, 1.54) is 12.8 Å². The van der Waals surface area contributed by atoms with E-state index in [1.54, 1.807) is 13.2 Å². The summed E-state index contributed by atoms with van der Waals surface area (Å²) in [7, 11) is 1.58. The van der Waals surface area contributed by atoms with Gasteiger partial charge in [0.05, 0.1) is 12.7 Å². The minimum absolute atomic E-state index is 0.0460. The van der Waals surface area contributed by atoms with Crippen LogP contribution in [-0.4, -0.2) is 30.6 Å². The number of hydrogen-bond acceptors (Lipinski definition) is 3. The number of nitrogens with one attached hydrogen (secondary N) is 1. The van der Waals surface area contributed by atoms with Gasteiger partial charge in [0.25, 0.3) is 5.91 Å². The van der Waals surface area contributed by atoms with Crippen molar-refractivity contribution in [3.8, 4) is 5.75 Å². The van der Waals surface area contributed by atoms with Crippen molar-refractivity contribution < 1.29 is 9.53 Å². The van der Waals surface area contributed by atoms with E-state index >= 15 is 0 Å². The van der Waals surface area contributed by atoms with E-state index < -0.39 is 0 Å². The number of rotatable bonds is 4. The zero-order valence-electron chi connectivity index (χ0n) is 11.1. The highest BCUT2D eigenvalue weighted by Gasteiger charge is 2.28. The molecule has 0 aromatic heterocycles. The summed E-state index contributed by atoms with van der Waals surface area (Å²) in [5, 5.41) is 3.67. The van der Waals surface area contributed by atoms with Crippen LogP contribution in [-0.2, 0) is 0 Å². The molecule has 0 spiro atoms. The van der Waals surface area contributed by atoms with Gasteiger partial charge < -0.3 is 10.1 Å². The summed E-state index contributed by atoms with van der Waals surface area (Å²) in [5.74, 6) is 0.556. The van der Waals surface area contributed by atoms with Gasteiger partial charge in [-0.05, 0) is 37.3 Å². The van der Waals surface area contributed by atoms with E-state index in [-0.39, 0.29) is 11.9 Å². The minimum atomic E-state index is -0.0460. The first-order chi connectivity index (χ1) is 9.15. The number of amides is 1. The van der Waals surface area contributed by atoms with Gasteiger partial charge in [0.1, 0.15) is 5.75 Å². The normalized spacial score (nSPS) is 22.3. The summed E-state index contributed by atoms with van der Waals surface area (Å²) < 4.78 is 6.18. The molecule has 19 heavy (non-hydrogen) atoms. The smallest absolute Gasteiger partial charge is 0.255 e. The average Bonchev–Trinajstić information content (AvgIpc) is 2.85. The van der Waals surface area contributed by atoms with Gasteiger partial charge in [-0.25, -0.2) is 0 Å². The number of hydrogen-bond donors (Lipinski definition) is 1. The predicted octanol–water partition coefficient (Wildman–Crippen LogP) is 3.47. The molecule has 1 N–H and O–H groups in total. The van der Waals surface area contributed by atoms with Crippen molar-refractivity contribution in [3.05, 3.63) is 28.2 Å². The van der Waals surface area contributed by atoms with Crippen LogP contribution in [0, 0.1) is 0 Å². The number of methoxy groups -OCH3 is 1. The van der Waals surface area contributed by atoms with E-state index in [0.717, 1.165) is 10.9 Å². The van der Waals surface area contributed by atoms with Crippen molar-refractivity contribution in [2.45, 2.75) is 30.6 Å². The summed E-state index contributed by atoms with van der Waals surface area (Å²) in [5.41, 5.74) is 0.595. The lowest BCUT2D eigenvalue weighted by atomic mass is 10.1.